The lowest BCUT2D eigenvalue weighted by atomic mass is 10.2. The highest BCUT2D eigenvalue weighted by atomic mass is 19.4. The molecule has 2 nitrogen and oxygen atoms in total. The van der Waals surface area contributed by atoms with Gasteiger partial charge in [-0.25, -0.2) is 4.39 Å². The maximum absolute atomic E-state index is 13.1. The van der Waals surface area contributed by atoms with Crippen LogP contribution < -0.4 is 0 Å². The molecular weight excluding hydrogens is 272 g/mol. The van der Waals surface area contributed by atoms with E-state index < -0.39 is 17.6 Å². The first-order chi connectivity index (χ1) is 9.34. The first-order valence-corrected chi connectivity index (χ1v) is 5.70. The lowest BCUT2D eigenvalue weighted by Gasteiger charge is -2.05. The third-order valence-electron chi connectivity index (χ3n) is 2.48. The van der Waals surface area contributed by atoms with E-state index in [1.54, 1.807) is 6.92 Å². The molecule has 0 unspecified atom stereocenters. The Hall–Kier alpha value is -2.24. The third-order valence-corrected chi connectivity index (χ3v) is 2.48. The zero-order chi connectivity index (χ0) is 14.8. The van der Waals surface area contributed by atoms with E-state index in [1.165, 1.54) is 30.5 Å². The van der Waals surface area contributed by atoms with Gasteiger partial charge in [0.05, 0.1) is 23.2 Å². The Morgan fingerprint density at radius 2 is 1.75 bits per heavy atom. The molecule has 0 fully saturated rings. The molecule has 0 atom stereocenters. The molecule has 0 bridgehead atoms. The average Bonchev–Trinajstić information content (AvgIpc) is 2.35. The van der Waals surface area contributed by atoms with E-state index in [0.717, 1.165) is 12.1 Å². The minimum absolute atomic E-state index is 0.308. The second-order valence-electron chi connectivity index (χ2n) is 4.15. The molecule has 0 N–H and O–H groups in total. The Balaban J connectivity index is 2.19. The Kier molecular flexibility index (Phi) is 3.83. The fourth-order valence-corrected chi connectivity index (χ4v) is 1.59. The molecule has 0 aliphatic rings. The van der Waals surface area contributed by atoms with Crippen LogP contribution in [0.15, 0.2) is 41.4 Å². The summed E-state index contributed by atoms with van der Waals surface area (Å²) in [5.74, 6) is -0.439. The second-order valence-corrected chi connectivity index (χ2v) is 4.15. The molecule has 0 saturated carbocycles. The molecule has 1 aromatic heterocycles. The van der Waals surface area contributed by atoms with Crippen LogP contribution in [0.5, 0.6) is 0 Å². The molecule has 104 valence electrons. The monoisotopic (exact) mass is 282 g/mol. The molecular formula is C14H10F4N2. The van der Waals surface area contributed by atoms with E-state index >= 15 is 0 Å². The summed E-state index contributed by atoms with van der Waals surface area (Å²) in [4.78, 5) is 8.00. The lowest BCUT2D eigenvalue weighted by Crippen LogP contribution is -2.03. The number of benzene rings is 1. The van der Waals surface area contributed by atoms with Crippen LogP contribution in [-0.4, -0.2) is 11.2 Å². The topological polar surface area (TPSA) is 25.2 Å². The maximum Gasteiger partial charge on any atom is 0.416 e. The van der Waals surface area contributed by atoms with Gasteiger partial charge in [0.15, 0.2) is 0 Å². The summed E-state index contributed by atoms with van der Waals surface area (Å²) in [6, 6.07) is 6.83. The van der Waals surface area contributed by atoms with Crippen molar-refractivity contribution in [3.63, 3.8) is 0 Å². The van der Waals surface area contributed by atoms with Crippen molar-refractivity contribution in [3.8, 4) is 0 Å². The van der Waals surface area contributed by atoms with Crippen molar-refractivity contribution >= 4 is 11.9 Å². The Morgan fingerprint density at radius 1 is 1.10 bits per heavy atom. The number of aliphatic imine (C=N–C) groups is 1. The SMILES string of the molecule is Cc1cc(F)cc(C=Nc2ccc(C(F)(F)F)cc2)n1. The molecule has 0 aliphatic carbocycles. The molecule has 0 aliphatic heterocycles. The van der Waals surface area contributed by atoms with Crippen molar-refractivity contribution in [3.05, 3.63) is 59.2 Å². The van der Waals surface area contributed by atoms with Gasteiger partial charge in [0.2, 0.25) is 0 Å². The van der Waals surface area contributed by atoms with Crippen LogP contribution >= 0.6 is 0 Å². The fraction of sp³-hybridized carbons (Fsp3) is 0.143. The van der Waals surface area contributed by atoms with E-state index in [0.29, 0.717) is 17.1 Å². The number of hydrogen-bond donors (Lipinski definition) is 0. The Labute approximate surface area is 112 Å². The van der Waals surface area contributed by atoms with Crippen LogP contribution in [0.2, 0.25) is 0 Å². The van der Waals surface area contributed by atoms with E-state index in [2.05, 4.69) is 9.98 Å². The van der Waals surface area contributed by atoms with Crippen LogP contribution in [0.4, 0.5) is 23.2 Å². The van der Waals surface area contributed by atoms with Gasteiger partial charge in [-0.3, -0.25) is 9.98 Å². The summed E-state index contributed by atoms with van der Waals surface area (Å²) >= 11 is 0. The van der Waals surface area contributed by atoms with Crippen LogP contribution in [0, 0.1) is 12.7 Å². The van der Waals surface area contributed by atoms with Gasteiger partial charge in [-0.1, -0.05) is 0 Å². The van der Waals surface area contributed by atoms with Gasteiger partial charge < -0.3 is 0 Å². The molecule has 6 heteroatoms. The van der Waals surface area contributed by atoms with Gasteiger partial charge in [-0.15, -0.1) is 0 Å². The number of nitrogens with zero attached hydrogens (tertiary/aromatic N) is 2. The van der Waals surface area contributed by atoms with E-state index in [9.17, 15) is 17.6 Å². The van der Waals surface area contributed by atoms with E-state index in [1.807, 2.05) is 0 Å². The van der Waals surface area contributed by atoms with Gasteiger partial charge in [-0.2, -0.15) is 13.2 Å². The first kappa shape index (κ1) is 14.2. The Bertz CT molecular complexity index is 610. The number of halogens is 4. The highest BCUT2D eigenvalue weighted by Gasteiger charge is 2.29. The van der Waals surface area contributed by atoms with Gasteiger partial charge in [0.1, 0.15) is 5.82 Å². The zero-order valence-corrected chi connectivity index (χ0v) is 10.4. The van der Waals surface area contributed by atoms with Gasteiger partial charge >= 0.3 is 6.18 Å². The van der Waals surface area contributed by atoms with E-state index in [-0.39, 0.29) is 0 Å². The highest BCUT2D eigenvalue weighted by Crippen LogP contribution is 2.30. The minimum atomic E-state index is -4.37. The summed E-state index contributed by atoms with van der Waals surface area (Å²) in [6.45, 7) is 1.64. The highest BCUT2D eigenvalue weighted by molar-refractivity contribution is 5.79. The van der Waals surface area contributed by atoms with Gasteiger partial charge in [-0.05, 0) is 37.3 Å². The third kappa shape index (κ3) is 3.63. The van der Waals surface area contributed by atoms with Crippen molar-refractivity contribution in [2.75, 3.05) is 0 Å². The van der Waals surface area contributed by atoms with Crippen LogP contribution in [-0.2, 0) is 6.18 Å². The largest absolute Gasteiger partial charge is 0.416 e. The molecule has 0 amide bonds. The van der Waals surface area contributed by atoms with Crippen molar-refractivity contribution in [1.29, 1.82) is 0 Å². The molecule has 20 heavy (non-hydrogen) atoms. The molecule has 0 radical (unpaired) electrons. The zero-order valence-electron chi connectivity index (χ0n) is 10.4. The molecule has 1 heterocycles. The summed E-state index contributed by atoms with van der Waals surface area (Å²) in [7, 11) is 0. The molecule has 0 spiro atoms. The molecule has 2 rings (SSSR count). The predicted octanol–water partition coefficient (Wildman–Crippen LogP) is 4.30. The number of alkyl halides is 3. The molecule has 1 aromatic carbocycles. The quantitative estimate of drug-likeness (QED) is 0.595. The second kappa shape index (κ2) is 5.40. The fourth-order valence-electron chi connectivity index (χ4n) is 1.59. The van der Waals surface area contributed by atoms with Crippen molar-refractivity contribution in [2.24, 2.45) is 4.99 Å². The average molecular weight is 282 g/mol. The predicted molar refractivity (Wildman–Crippen MR) is 67.6 cm³/mol. The van der Waals surface area contributed by atoms with Crippen LogP contribution in [0.1, 0.15) is 17.0 Å². The lowest BCUT2D eigenvalue weighted by molar-refractivity contribution is -0.137. The Morgan fingerprint density at radius 3 is 2.30 bits per heavy atom. The van der Waals surface area contributed by atoms with E-state index in [4.69, 9.17) is 0 Å². The number of pyridine rings is 1. The smallest absolute Gasteiger partial charge is 0.255 e. The summed E-state index contributed by atoms with van der Waals surface area (Å²) in [5, 5.41) is 0. The van der Waals surface area contributed by atoms with Crippen molar-refractivity contribution in [1.82, 2.24) is 4.98 Å². The number of aromatic nitrogens is 1. The van der Waals surface area contributed by atoms with Gasteiger partial charge in [0.25, 0.3) is 0 Å². The standard InChI is InChI=1S/C14H10F4N2/c1-9-6-11(15)7-13(20-9)8-19-12-4-2-10(3-5-12)14(16,17)18/h2-8H,1H3. The number of hydrogen-bond acceptors (Lipinski definition) is 2. The minimum Gasteiger partial charge on any atom is -0.255 e. The van der Waals surface area contributed by atoms with Gasteiger partial charge in [0, 0.05) is 11.8 Å². The maximum atomic E-state index is 13.1. The number of rotatable bonds is 2. The molecule has 0 saturated heterocycles. The summed E-state index contributed by atoms with van der Waals surface area (Å²) < 4.78 is 50.2. The van der Waals surface area contributed by atoms with Crippen molar-refractivity contribution < 1.29 is 17.6 Å². The van der Waals surface area contributed by atoms with Crippen LogP contribution in [0.25, 0.3) is 0 Å². The number of aryl methyl sites for hydroxylation is 1. The summed E-state index contributed by atoms with van der Waals surface area (Å²) in [6.07, 6.45) is -3.07. The van der Waals surface area contributed by atoms with Crippen molar-refractivity contribution in [2.45, 2.75) is 13.1 Å². The summed E-state index contributed by atoms with van der Waals surface area (Å²) in [5.41, 5.74) is 0.402. The van der Waals surface area contributed by atoms with Crippen LogP contribution in [0.3, 0.4) is 0 Å². The normalized spacial score (nSPS) is 12.1. The first-order valence-electron chi connectivity index (χ1n) is 5.70. The molecule has 2 aromatic rings.